The number of aliphatic imine (C=N–C) groups is 1. The Balaban J connectivity index is 0.00000180. The quantitative estimate of drug-likeness (QED) is 0.451. The Morgan fingerprint density at radius 3 is 2.68 bits per heavy atom. The van der Waals surface area contributed by atoms with E-state index in [4.69, 9.17) is 0 Å². The minimum atomic E-state index is 0. The van der Waals surface area contributed by atoms with Crippen LogP contribution < -0.4 is 5.32 Å². The van der Waals surface area contributed by atoms with Crippen molar-refractivity contribution in [1.29, 1.82) is 0 Å². The van der Waals surface area contributed by atoms with Crippen LogP contribution >= 0.6 is 35.7 Å². The lowest BCUT2D eigenvalue weighted by molar-refractivity contribution is 0.380. The van der Waals surface area contributed by atoms with E-state index in [1.54, 1.807) is 0 Å². The zero-order chi connectivity index (χ0) is 13.1. The number of halogens is 1. The molecule has 0 aromatic carbocycles. The average molecular weight is 397 g/mol. The molecule has 0 amide bonds. The first kappa shape index (κ1) is 17.4. The van der Waals surface area contributed by atoms with Gasteiger partial charge in [0.05, 0.1) is 0 Å². The number of thioether (sulfide) groups is 1. The zero-order valence-electron chi connectivity index (χ0n) is 12.6. The third-order valence-corrected chi connectivity index (χ3v) is 5.69. The highest BCUT2D eigenvalue weighted by Gasteiger charge is 2.33. The second-order valence-electron chi connectivity index (χ2n) is 6.00. The smallest absolute Gasteiger partial charge is 0.193 e. The second-order valence-corrected chi connectivity index (χ2v) is 7.35. The number of guanidine groups is 1. The van der Waals surface area contributed by atoms with E-state index < -0.39 is 0 Å². The zero-order valence-corrected chi connectivity index (χ0v) is 15.7. The highest BCUT2D eigenvalue weighted by atomic mass is 127. The summed E-state index contributed by atoms with van der Waals surface area (Å²) in [6, 6.07) is 0. The average Bonchev–Trinajstić information content (AvgIpc) is 3.06. The molecule has 0 spiro atoms. The minimum absolute atomic E-state index is 0. The van der Waals surface area contributed by atoms with Crippen molar-refractivity contribution in [3.63, 3.8) is 0 Å². The molecule has 1 saturated carbocycles. The molecule has 3 nitrogen and oxygen atoms in total. The lowest BCUT2D eigenvalue weighted by atomic mass is 10.1. The first-order valence-electron chi connectivity index (χ1n) is 7.19. The van der Waals surface area contributed by atoms with Crippen LogP contribution in [0.4, 0.5) is 0 Å². The minimum Gasteiger partial charge on any atom is -0.356 e. The fraction of sp³-hybridized carbons (Fsp3) is 0.929. The van der Waals surface area contributed by atoms with Crippen molar-refractivity contribution in [2.75, 3.05) is 32.4 Å². The molecule has 5 heteroatoms. The predicted octanol–water partition coefficient (Wildman–Crippen LogP) is 2.91. The fourth-order valence-electron chi connectivity index (χ4n) is 2.51. The van der Waals surface area contributed by atoms with E-state index in [-0.39, 0.29) is 24.0 Å². The number of nitrogens with zero attached hydrogens (tertiary/aromatic N) is 2. The molecule has 1 aliphatic carbocycles. The van der Waals surface area contributed by atoms with Gasteiger partial charge >= 0.3 is 0 Å². The summed E-state index contributed by atoms with van der Waals surface area (Å²) in [7, 11) is 1.91. The summed E-state index contributed by atoms with van der Waals surface area (Å²) in [6.07, 6.45) is 1.38. The van der Waals surface area contributed by atoms with Gasteiger partial charge in [-0.3, -0.25) is 4.99 Å². The van der Waals surface area contributed by atoms with Gasteiger partial charge in [-0.1, -0.05) is 20.8 Å². The Hall–Kier alpha value is 0.350. The monoisotopic (exact) mass is 397 g/mol. The van der Waals surface area contributed by atoms with Crippen LogP contribution in [0.3, 0.4) is 0 Å². The van der Waals surface area contributed by atoms with Crippen LogP contribution in [0, 0.1) is 17.8 Å². The summed E-state index contributed by atoms with van der Waals surface area (Å²) in [4.78, 5) is 6.89. The maximum absolute atomic E-state index is 4.45. The summed E-state index contributed by atoms with van der Waals surface area (Å²) >= 11 is 2.12. The van der Waals surface area contributed by atoms with E-state index >= 15 is 0 Å². The third kappa shape index (κ3) is 4.99. The lowest BCUT2D eigenvalue weighted by Gasteiger charge is -2.36. The van der Waals surface area contributed by atoms with Crippen LogP contribution in [0.2, 0.25) is 0 Å². The van der Waals surface area contributed by atoms with E-state index in [0.717, 1.165) is 48.6 Å². The normalized spacial score (nSPS) is 31.1. The van der Waals surface area contributed by atoms with Gasteiger partial charge in [-0.25, -0.2) is 0 Å². The van der Waals surface area contributed by atoms with Gasteiger partial charge in [0.1, 0.15) is 0 Å². The third-order valence-electron chi connectivity index (χ3n) is 4.15. The predicted molar refractivity (Wildman–Crippen MR) is 96.7 cm³/mol. The van der Waals surface area contributed by atoms with Crippen LogP contribution in [0.25, 0.3) is 0 Å². The van der Waals surface area contributed by atoms with Crippen LogP contribution in [-0.2, 0) is 0 Å². The standard InChI is InChI=1S/C14H27N3S.HI/c1-10(2)13-9-17(5-6-18-13)14(15-4)16-8-12-7-11(12)3;/h10-13H,5-9H2,1-4H3,(H,15,16);1H. The Kier molecular flexibility index (Phi) is 7.29. The van der Waals surface area contributed by atoms with Gasteiger partial charge in [0.2, 0.25) is 0 Å². The highest BCUT2D eigenvalue weighted by molar-refractivity contribution is 14.0. The van der Waals surface area contributed by atoms with Crippen LogP contribution in [0.5, 0.6) is 0 Å². The first-order valence-corrected chi connectivity index (χ1v) is 8.24. The van der Waals surface area contributed by atoms with Gasteiger partial charge in [0.15, 0.2) is 5.96 Å². The summed E-state index contributed by atoms with van der Waals surface area (Å²) < 4.78 is 0. The van der Waals surface area contributed by atoms with Gasteiger partial charge in [-0.05, 0) is 24.2 Å². The molecule has 0 aromatic rings. The first-order chi connectivity index (χ1) is 8.61. The molecule has 1 heterocycles. The van der Waals surface area contributed by atoms with Crippen molar-refractivity contribution in [2.45, 2.75) is 32.4 Å². The molecule has 3 unspecified atom stereocenters. The van der Waals surface area contributed by atoms with E-state index in [0.29, 0.717) is 0 Å². The van der Waals surface area contributed by atoms with Gasteiger partial charge in [-0.15, -0.1) is 24.0 Å². The molecule has 112 valence electrons. The van der Waals surface area contributed by atoms with Gasteiger partial charge < -0.3 is 10.2 Å². The van der Waals surface area contributed by atoms with Crippen molar-refractivity contribution >= 4 is 41.7 Å². The number of nitrogens with one attached hydrogen (secondary N) is 1. The van der Waals surface area contributed by atoms with Crippen LogP contribution in [0.15, 0.2) is 4.99 Å². The second kappa shape index (κ2) is 7.96. The van der Waals surface area contributed by atoms with Crippen molar-refractivity contribution in [3.8, 4) is 0 Å². The van der Waals surface area contributed by atoms with E-state index in [9.17, 15) is 0 Å². The summed E-state index contributed by atoms with van der Waals surface area (Å²) in [5.74, 6) is 4.88. The van der Waals surface area contributed by atoms with Gasteiger partial charge in [-0.2, -0.15) is 11.8 Å². The fourth-order valence-corrected chi connectivity index (χ4v) is 3.81. The number of hydrogen-bond acceptors (Lipinski definition) is 2. The molecular formula is C14H28IN3S. The molecule has 2 rings (SSSR count). The molecule has 0 aromatic heterocycles. The van der Waals surface area contributed by atoms with Gasteiger partial charge in [0, 0.05) is 37.7 Å². The van der Waals surface area contributed by atoms with Gasteiger partial charge in [0.25, 0.3) is 0 Å². The Bertz CT molecular complexity index is 309. The highest BCUT2D eigenvalue weighted by Crippen LogP contribution is 2.36. The largest absolute Gasteiger partial charge is 0.356 e. The van der Waals surface area contributed by atoms with E-state index in [1.165, 1.54) is 12.2 Å². The molecule has 1 N–H and O–H groups in total. The summed E-state index contributed by atoms with van der Waals surface area (Å²) in [5, 5.41) is 4.30. The summed E-state index contributed by atoms with van der Waals surface area (Å²) in [5.41, 5.74) is 0. The molecular weight excluding hydrogens is 369 g/mol. The number of rotatable bonds is 3. The van der Waals surface area contributed by atoms with Crippen LogP contribution in [0.1, 0.15) is 27.2 Å². The molecule has 2 fully saturated rings. The Labute approximate surface area is 139 Å². The Morgan fingerprint density at radius 1 is 1.47 bits per heavy atom. The molecule has 3 atom stereocenters. The van der Waals surface area contributed by atoms with Crippen molar-refractivity contribution in [2.24, 2.45) is 22.7 Å². The topological polar surface area (TPSA) is 27.6 Å². The molecule has 1 aliphatic heterocycles. The Morgan fingerprint density at radius 2 is 2.16 bits per heavy atom. The molecule has 1 saturated heterocycles. The van der Waals surface area contributed by atoms with Crippen LogP contribution in [-0.4, -0.2) is 48.5 Å². The number of hydrogen-bond donors (Lipinski definition) is 1. The molecule has 0 radical (unpaired) electrons. The molecule has 2 aliphatic rings. The SMILES string of the molecule is CN=C(NCC1CC1C)N1CCSC(C(C)C)C1.I. The van der Waals surface area contributed by atoms with E-state index in [2.05, 4.69) is 47.7 Å². The maximum Gasteiger partial charge on any atom is 0.193 e. The molecule has 19 heavy (non-hydrogen) atoms. The maximum atomic E-state index is 4.45. The lowest BCUT2D eigenvalue weighted by Crippen LogP contribution is -2.49. The molecule has 0 bridgehead atoms. The van der Waals surface area contributed by atoms with Crippen molar-refractivity contribution < 1.29 is 0 Å². The van der Waals surface area contributed by atoms with Crippen molar-refractivity contribution in [3.05, 3.63) is 0 Å². The summed E-state index contributed by atoms with van der Waals surface area (Å²) in [6.45, 7) is 10.4. The van der Waals surface area contributed by atoms with E-state index in [1.807, 2.05) is 7.05 Å². The van der Waals surface area contributed by atoms with Crippen molar-refractivity contribution in [1.82, 2.24) is 10.2 Å².